The van der Waals surface area contributed by atoms with Gasteiger partial charge in [0.15, 0.2) is 0 Å². The van der Waals surface area contributed by atoms with Crippen LogP contribution in [0.15, 0.2) is 6.07 Å². The van der Waals surface area contributed by atoms with E-state index in [4.69, 9.17) is 17.3 Å². The maximum atomic E-state index is 12.5. The Hall–Kier alpha value is -0.970. The molecule has 0 aliphatic heterocycles. The molecule has 0 spiro atoms. The maximum absolute atomic E-state index is 12.5. The minimum atomic E-state index is -2.80. The number of hydrogen-bond donors (Lipinski definition) is 1. The Bertz CT molecular complexity index is 317. The Kier molecular flexibility index (Phi) is 2.98. The lowest BCUT2D eigenvalue weighted by molar-refractivity contribution is 0.150. The summed E-state index contributed by atoms with van der Waals surface area (Å²) in [6, 6.07) is 0.638. The Morgan fingerprint density at radius 2 is 2.15 bits per heavy atom. The normalized spacial score (nSPS) is 10.8. The molecule has 13 heavy (non-hydrogen) atoms. The number of hydrogen-bond acceptors (Lipinski definition) is 2. The Balaban J connectivity index is 3.29. The van der Waals surface area contributed by atoms with Crippen molar-refractivity contribution in [3.8, 4) is 0 Å². The molecule has 1 rings (SSSR count). The molecule has 6 heteroatoms. The van der Waals surface area contributed by atoms with Crippen LogP contribution in [0.2, 0.25) is 0 Å². The van der Waals surface area contributed by atoms with E-state index in [2.05, 4.69) is 4.98 Å². The summed E-state index contributed by atoms with van der Waals surface area (Å²) in [4.78, 5) is 3.18. The molecule has 0 atom stereocenters. The third-order valence-electron chi connectivity index (χ3n) is 1.53. The van der Waals surface area contributed by atoms with Crippen molar-refractivity contribution in [2.75, 3.05) is 5.73 Å². The molecule has 0 saturated carbocycles. The van der Waals surface area contributed by atoms with Gasteiger partial charge >= 0.3 is 0 Å². The van der Waals surface area contributed by atoms with E-state index in [0.29, 0.717) is 6.07 Å². The van der Waals surface area contributed by atoms with Crippen LogP contribution in [-0.2, 0) is 5.88 Å². The van der Waals surface area contributed by atoms with Crippen LogP contribution in [0.1, 0.15) is 17.6 Å². The average Bonchev–Trinajstić information content (AvgIpc) is 2.02. The van der Waals surface area contributed by atoms with Gasteiger partial charge in [0.25, 0.3) is 6.43 Å². The number of rotatable bonds is 2. The van der Waals surface area contributed by atoms with Gasteiger partial charge in [-0.1, -0.05) is 0 Å². The SMILES string of the molecule is Nc1nc(F)cc(C(F)F)c1CCl. The summed E-state index contributed by atoms with van der Waals surface area (Å²) in [5.41, 5.74) is 4.69. The van der Waals surface area contributed by atoms with Crippen molar-refractivity contribution in [2.45, 2.75) is 12.3 Å². The smallest absolute Gasteiger partial charge is 0.264 e. The molecule has 0 amide bonds. The summed E-state index contributed by atoms with van der Waals surface area (Å²) in [5, 5.41) is 0. The van der Waals surface area contributed by atoms with Crippen LogP contribution in [0.25, 0.3) is 0 Å². The van der Waals surface area contributed by atoms with E-state index < -0.39 is 17.9 Å². The second-order valence-electron chi connectivity index (χ2n) is 2.33. The van der Waals surface area contributed by atoms with Gasteiger partial charge in [-0.25, -0.2) is 13.8 Å². The van der Waals surface area contributed by atoms with Crippen LogP contribution in [0.5, 0.6) is 0 Å². The molecular formula is C7H6ClF3N2. The van der Waals surface area contributed by atoms with Gasteiger partial charge in [-0.05, 0) is 0 Å². The van der Waals surface area contributed by atoms with Gasteiger partial charge in [0.1, 0.15) is 5.82 Å². The van der Waals surface area contributed by atoms with E-state index in [1.54, 1.807) is 0 Å². The van der Waals surface area contributed by atoms with Gasteiger partial charge in [-0.2, -0.15) is 4.39 Å². The average molecular weight is 211 g/mol. The highest BCUT2D eigenvalue weighted by atomic mass is 35.5. The monoisotopic (exact) mass is 210 g/mol. The third kappa shape index (κ3) is 2.03. The van der Waals surface area contributed by atoms with E-state index in [1.807, 2.05) is 0 Å². The van der Waals surface area contributed by atoms with E-state index in [0.717, 1.165) is 0 Å². The van der Waals surface area contributed by atoms with Crippen LogP contribution in [0.4, 0.5) is 19.0 Å². The van der Waals surface area contributed by atoms with Gasteiger partial charge in [-0.15, -0.1) is 11.6 Å². The molecule has 1 aromatic heterocycles. The van der Waals surface area contributed by atoms with Gasteiger partial charge < -0.3 is 5.73 Å². The predicted molar refractivity (Wildman–Crippen MR) is 43.1 cm³/mol. The Morgan fingerprint density at radius 3 is 2.62 bits per heavy atom. The lowest BCUT2D eigenvalue weighted by Crippen LogP contribution is -2.03. The number of halogens is 4. The molecule has 2 nitrogen and oxygen atoms in total. The van der Waals surface area contributed by atoms with Crippen LogP contribution >= 0.6 is 11.6 Å². The maximum Gasteiger partial charge on any atom is 0.264 e. The quantitative estimate of drug-likeness (QED) is 0.602. The summed E-state index contributed by atoms with van der Waals surface area (Å²) in [6.45, 7) is 0. The third-order valence-corrected chi connectivity index (χ3v) is 1.80. The molecule has 1 aromatic rings. The molecular weight excluding hydrogens is 205 g/mol. The molecule has 0 aliphatic carbocycles. The number of nitrogens with two attached hydrogens (primary N) is 1. The van der Waals surface area contributed by atoms with E-state index in [1.165, 1.54) is 0 Å². The second-order valence-corrected chi connectivity index (χ2v) is 2.60. The Labute approximate surface area is 77.5 Å². The first-order chi connectivity index (χ1) is 6.06. The molecule has 0 saturated heterocycles. The zero-order valence-electron chi connectivity index (χ0n) is 6.40. The highest BCUT2D eigenvalue weighted by molar-refractivity contribution is 6.17. The molecule has 1 heterocycles. The van der Waals surface area contributed by atoms with Gasteiger partial charge in [0.05, 0.1) is 5.88 Å². The topological polar surface area (TPSA) is 38.9 Å². The summed E-state index contributed by atoms with van der Waals surface area (Å²) in [7, 11) is 0. The van der Waals surface area contributed by atoms with E-state index in [9.17, 15) is 13.2 Å². The largest absolute Gasteiger partial charge is 0.383 e. The van der Waals surface area contributed by atoms with Gasteiger partial charge in [0, 0.05) is 17.2 Å². The lowest BCUT2D eigenvalue weighted by Gasteiger charge is -2.07. The zero-order chi connectivity index (χ0) is 10.0. The predicted octanol–water partition coefficient (Wildman–Crippen LogP) is 2.48. The van der Waals surface area contributed by atoms with Gasteiger partial charge in [0.2, 0.25) is 5.95 Å². The fraction of sp³-hybridized carbons (Fsp3) is 0.286. The first-order valence-electron chi connectivity index (χ1n) is 3.35. The molecule has 2 N–H and O–H groups in total. The van der Waals surface area contributed by atoms with Crippen molar-refractivity contribution in [1.29, 1.82) is 0 Å². The number of alkyl halides is 3. The summed E-state index contributed by atoms with van der Waals surface area (Å²) < 4.78 is 37.1. The van der Waals surface area contributed by atoms with Gasteiger partial charge in [-0.3, -0.25) is 0 Å². The number of nitrogens with zero attached hydrogens (tertiary/aromatic N) is 1. The standard InChI is InChI=1S/C7H6ClF3N2/c8-2-4-3(6(10)11)1-5(9)13-7(4)12/h1,6H,2H2,(H2,12,13). The number of aromatic nitrogens is 1. The van der Waals surface area contributed by atoms with Crippen molar-refractivity contribution in [1.82, 2.24) is 4.98 Å². The summed E-state index contributed by atoms with van der Waals surface area (Å²) in [5.74, 6) is -1.52. The molecule has 0 radical (unpaired) electrons. The van der Waals surface area contributed by atoms with Crippen LogP contribution in [0, 0.1) is 5.95 Å². The van der Waals surface area contributed by atoms with Crippen LogP contribution < -0.4 is 5.73 Å². The van der Waals surface area contributed by atoms with Crippen molar-refractivity contribution in [3.63, 3.8) is 0 Å². The van der Waals surface area contributed by atoms with Crippen LogP contribution in [-0.4, -0.2) is 4.98 Å². The van der Waals surface area contributed by atoms with Crippen molar-refractivity contribution in [3.05, 3.63) is 23.1 Å². The molecule has 0 aliphatic rings. The van der Waals surface area contributed by atoms with Crippen molar-refractivity contribution in [2.24, 2.45) is 0 Å². The van der Waals surface area contributed by atoms with E-state index >= 15 is 0 Å². The van der Waals surface area contributed by atoms with E-state index in [-0.39, 0.29) is 17.3 Å². The minimum absolute atomic E-state index is 0.0157. The van der Waals surface area contributed by atoms with Crippen molar-refractivity contribution < 1.29 is 13.2 Å². The minimum Gasteiger partial charge on any atom is -0.383 e. The molecule has 0 unspecified atom stereocenters. The van der Waals surface area contributed by atoms with Crippen molar-refractivity contribution >= 4 is 17.4 Å². The number of nitrogen functional groups attached to an aromatic ring is 1. The highest BCUT2D eigenvalue weighted by Gasteiger charge is 2.17. The number of anilines is 1. The second kappa shape index (κ2) is 3.83. The Morgan fingerprint density at radius 1 is 1.54 bits per heavy atom. The highest BCUT2D eigenvalue weighted by Crippen LogP contribution is 2.27. The fourth-order valence-electron chi connectivity index (χ4n) is 0.918. The zero-order valence-corrected chi connectivity index (χ0v) is 7.15. The lowest BCUT2D eigenvalue weighted by atomic mass is 10.1. The van der Waals surface area contributed by atoms with Crippen LogP contribution in [0.3, 0.4) is 0 Å². The fourth-order valence-corrected chi connectivity index (χ4v) is 1.21. The number of pyridine rings is 1. The molecule has 0 aromatic carbocycles. The summed E-state index contributed by atoms with van der Waals surface area (Å²) >= 11 is 5.36. The molecule has 0 bridgehead atoms. The molecule has 72 valence electrons. The summed E-state index contributed by atoms with van der Waals surface area (Å²) in [6.07, 6.45) is -2.80. The molecule has 0 fully saturated rings. The first-order valence-corrected chi connectivity index (χ1v) is 3.88. The first kappa shape index (κ1) is 10.1.